The third-order valence-corrected chi connectivity index (χ3v) is 6.67. The summed E-state index contributed by atoms with van der Waals surface area (Å²) >= 11 is 0. The monoisotopic (exact) mass is 470 g/mol. The predicted molar refractivity (Wildman–Crippen MR) is 116 cm³/mol. The Kier molecular flexibility index (Phi) is 5.90. The van der Waals surface area contributed by atoms with E-state index < -0.39 is 11.7 Å². The fraction of sp³-hybridized carbons (Fsp3) is 0.542. The summed E-state index contributed by atoms with van der Waals surface area (Å²) in [5, 5.41) is 20.3. The number of hydrogen-bond acceptors (Lipinski definition) is 9. The van der Waals surface area contributed by atoms with E-state index in [0.29, 0.717) is 26.3 Å². The van der Waals surface area contributed by atoms with Crippen LogP contribution in [0, 0.1) is 29.0 Å². The van der Waals surface area contributed by atoms with E-state index in [4.69, 9.17) is 18.9 Å². The molecule has 2 saturated heterocycles. The quantitative estimate of drug-likeness (QED) is 0.611. The van der Waals surface area contributed by atoms with Crippen molar-refractivity contribution >= 4 is 0 Å². The summed E-state index contributed by atoms with van der Waals surface area (Å²) in [4.78, 5) is 9.77. The van der Waals surface area contributed by atoms with Crippen molar-refractivity contribution < 1.29 is 28.4 Å². The van der Waals surface area contributed by atoms with E-state index in [0.717, 1.165) is 12.8 Å². The number of ether oxygens (including phenoxy) is 4. The Morgan fingerprint density at radius 2 is 1.88 bits per heavy atom. The summed E-state index contributed by atoms with van der Waals surface area (Å²) in [6.45, 7) is 5.42. The second kappa shape index (κ2) is 8.74. The van der Waals surface area contributed by atoms with E-state index in [1.165, 1.54) is 6.33 Å². The Hall–Kier alpha value is -2.84. The number of para-hydroxylation sites is 1. The Morgan fingerprint density at radius 3 is 2.56 bits per heavy atom. The second-order valence-electron chi connectivity index (χ2n) is 9.54. The lowest BCUT2D eigenvalue weighted by Gasteiger charge is -2.50. The second-order valence-corrected chi connectivity index (χ2v) is 9.54. The average molecular weight is 471 g/mol. The minimum absolute atomic E-state index is 0.118. The molecule has 1 aromatic carbocycles. The highest BCUT2D eigenvalue weighted by Gasteiger charge is 2.51. The first kappa shape index (κ1) is 22.9. The van der Waals surface area contributed by atoms with Crippen molar-refractivity contribution in [3.05, 3.63) is 42.0 Å². The molecule has 0 amide bonds. The van der Waals surface area contributed by atoms with Crippen LogP contribution in [0.5, 0.6) is 17.5 Å². The molecule has 5 rings (SSSR count). The summed E-state index contributed by atoms with van der Waals surface area (Å²) in [5.41, 5.74) is -0.0241. The summed E-state index contributed by atoms with van der Waals surface area (Å²) in [5.74, 6) is -2.82. The first-order chi connectivity index (χ1) is 16.3. The molecule has 0 radical (unpaired) electrons. The number of nitriles is 1. The van der Waals surface area contributed by atoms with E-state index in [9.17, 15) is 10.4 Å². The van der Waals surface area contributed by atoms with Crippen molar-refractivity contribution in [2.75, 3.05) is 26.3 Å². The maximum absolute atomic E-state index is 15.2. The van der Waals surface area contributed by atoms with Crippen molar-refractivity contribution in [2.24, 2.45) is 11.8 Å². The van der Waals surface area contributed by atoms with E-state index >= 15 is 4.39 Å². The molecule has 9 nitrogen and oxygen atoms in total. The van der Waals surface area contributed by atoms with Crippen LogP contribution < -0.4 is 9.47 Å². The zero-order chi connectivity index (χ0) is 23.9. The number of aliphatic hydroxyl groups is 1. The number of benzene rings is 1. The number of halogens is 1. The van der Waals surface area contributed by atoms with Gasteiger partial charge in [0.05, 0.1) is 24.4 Å². The van der Waals surface area contributed by atoms with Crippen LogP contribution in [0.15, 0.2) is 30.6 Å². The van der Waals surface area contributed by atoms with Gasteiger partial charge in [-0.15, -0.1) is 0 Å². The fourth-order valence-electron chi connectivity index (χ4n) is 4.61. The SMILES string of the molecule is CC1(OC(C)(O)N2CC3COCC(C2)C3Oc2ncnc(Oc3ccccc3C#N)c2F)CC1. The van der Waals surface area contributed by atoms with E-state index in [2.05, 4.69) is 9.97 Å². The van der Waals surface area contributed by atoms with Crippen LogP contribution in [0.25, 0.3) is 0 Å². The molecule has 3 heterocycles. The number of likely N-dealkylation sites (tertiary alicyclic amines) is 1. The molecule has 3 atom stereocenters. The van der Waals surface area contributed by atoms with Gasteiger partial charge in [0.25, 0.3) is 11.8 Å². The summed E-state index contributed by atoms with van der Waals surface area (Å²) in [6.07, 6.45) is 2.66. The van der Waals surface area contributed by atoms with Gasteiger partial charge in [-0.2, -0.15) is 19.6 Å². The molecule has 1 aliphatic carbocycles. The number of rotatable bonds is 7. The number of hydrogen-bond donors (Lipinski definition) is 1. The molecular formula is C24H27FN4O5. The van der Waals surface area contributed by atoms with Gasteiger partial charge in [-0.25, -0.2) is 0 Å². The molecule has 1 aromatic heterocycles. The topological polar surface area (TPSA) is 110 Å². The van der Waals surface area contributed by atoms with E-state index in [1.807, 2.05) is 17.9 Å². The predicted octanol–water partition coefficient (Wildman–Crippen LogP) is 2.84. The van der Waals surface area contributed by atoms with Crippen molar-refractivity contribution in [3.8, 4) is 23.6 Å². The van der Waals surface area contributed by atoms with Crippen molar-refractivity contribution in [1.82, 2.24) is 14.9 Å². The fourth-order valence-corrected chi connectivity index (χ4v) is 4.61. The molecule has 1 saturated carbocycles. The van der Waals surface area contributed by atoms with E-state index in [-0.39, 0.29) is 46.6 Å². The first-order valence-corrected chi connectivity index (χ1v) is 11.4. The summed E-state index contributed by atoms with van der Waals surface area (Å²) in [6, 6.07) is 8.52. The maximum Gasteiger partial charge on any atom is 0.263 e. The van der Waals surface area contributed by atoms with Crippen LogP contribution in [0.2, 0.25) is 0 Å². The molecule has 2 aromatic rings. The zero-order valence-electron chi connectivity index (χ0n) is 19.1. The number of piperidine rings is 1. The van der Waals surface area contributed by atoms with Gasteiger partial charge in [0.1, 0.15) is 24.3 Å². The third-order valence-electron chi connectivity index (χ3n) is 6.67. The molecule has 3 unspecified atom stereocenters. The lowest BCUT2D eigenvalue weighted by molar-refractivity contribution is -0.322. The smallest absolute Gasteiger partial charge is 0.263 e. The minimum atomic E-state index is -1.40. The van der Waals surface area contributed by atoms with Crippen molar-refractivity contribution in [1.29, 1.82) is 5.26 Å². The number of fused-ring (bicyclic) bond motifs is 2. The van der Waals surface area contributed by atoms with Gasteiger partial charge in [0.2, 0.25) is 11.7 Å². The number of nitrogens with zero attached hydrogens (tertiary/aromatic N) is 4. The maximum atomic E-state index is 15.2. The summed E-state index contributed by atoms with van der Waals surface area (Å²) in [7, 11) is 0. The van der Waals surface area contributed by atoms with Crippen LogP contribution in [-0.2, 0) is 9.47 Å². The van der Waals surface area contributed by atoms with Crippen molar-refractivity contribution in [3.63, 3.8) is 0 Å². The normalized spacial score (nSPS) is 27.3. The van der Waals surface area contributed by atoms with Crippen molar-refractivity contribution in [2.45, 2.75) is 44.3 Å². The Balaban J connectivity index is 1.32. The average Bonchev–Trinajstić information content (AvgIpc) is 3.52. The third kappa shape index (κ3) is 4.57. The van der Waals surface area contributed by atoms with Crippen LogP contribution in [0.4, 0.5) is 4.39 Å². The molecule has 3 fully saturated rings. The van der Waals surface area contributed by atoms with Gasteiger partial charge in [-0.3, -0.25) is 4.90 Å². The van der Waals surface area contributed by atoms with Gasteiger partial charge in [-0.05, 0) is 31.9 Å². The highest BCUT2D eigenvalue weighted by atomic mass is 19.1. The lowest BCUT2D eigenvalue weighted by atomic mass is 9.84. The molecule has 34 heavy (non-hydrogen) atoms. The standard InChI is InChI=1S/C24H27FN4O5/c1-23(7-8-23)34-24(2,30)29-10-16-12-31-13-17(11-29)20(16)33-22-19(25)21(27-14-28-22)32-18-6-4-3-5-15(18)9-26/h3-6,14,16-17,20,30H,7-8,10-13H2,1-2H3. The lowest BCUT2D eigenvalue weighted by Crippen LogP contribution is -2.63. The van der Waals surface area contributed by atoms with E-state index in [1.54, 1.807) is 31.2 Å². The summed E-state index contributed by atoms with van der Waals surface area (Å²) < 4.78 is 38.6. The number of aromatic nitrogens is 2. The zero-order valence-corrected chi connectivity index (χ0v) is 19.1. The largest absolute Gasteiger partial charge is 0.471 e. The minimum Gasteiger partial charge on any atom is -0.471 e. The Labute approximate surface area is 197 Å². The van der Waals surface area contributed by atoms with Crippen LogP contribution in [0.3, 0.4) is 0 Å². The van der Waals surface area contributed by atoms with Crippen LogP contribution in [-0.4, -0.2) is 63.9 Å². The molecule has 3 aliphatic rings. The highest BCUT2D eigenvalue weighted by molar-refractivity contribution is 5.44. The Morgan fingerprint density at radius 1 is 1.21 bits per heavy atom. The Bertz CT molecular complexity index is 1090. The van der Waals surface area contributed by atoms with Gasteiger partial charge >= 0.3 is 0 Å². The van der Waals surface area contributed by atoms with Gasteiger partial charge in [-0.1, -0.05) is 12.1 Å². The highest BCUT2D eigenvalue weighted by Crippen LogP contribution is 2.44. The van der Waals surface area contributed by atoms with Crippen LogP contribution in [0.1, 0.15) is 32.3 Å². The molecule has 2 bridgehead atoms. The molecular weight excluding hydrogens is 443 g/mol. The molecule has 0 spiro atoms. The molecule has 10 heteroatoms. The first-order valence-electron chi connectivity index (χ1n) is 11.4. The molecule has 180 valence electrons. The van der Waals surface area contributed by atoms with Gasteiger partial charge < -0.3 is 24.1 Å². The molecule has 1 N–H and O–H groups in total. The molecule has 2 aliphatic heterocycles. The van der Waals surface area contributed by atoms with Gasteiger partial charge in [0.15, 0.2) is 0 Å². The van der Waals surface area contributed by atoms with Crippen LogP contribution >= 0.6 is 0 Å². The van der Waals surface area contributed by atoms with Gasteiger partial charge in [0, 0.05) is 31.8 Å².